The molecular weight excluding hydrogens is 492 g/mol. The summed E-state index contributed by atoms with van der Waals surface area (Å²) in [6.07, 6.45) is 7.95. The van der Waals surface area contributed by atoms with E-state index in [0.29, 0.717) is 44.9 Å². The van der Waals surface area contributed by atoms with Crippen LogP contribution in [0.15, 0.2) is 30.5 Å². The predicted molar refractivity (Wildman–Crippen MR) is 152 cm³/mol. The third-order valence-corrected chi connectivity index (χ3v) is 7.80. The summed E-state index contributed by atoms with van der Waals surface area (Å²) in [5.74, 6) is 1.48. The molecule has 0 unspecified atom stereocenters. The number of pyridine rings is 2. The lowest BCUT2D eigenvalue weighted by Gasteiger charge is -2.32. The van der Waals surface area contributed by atoms with Crippen molar-refractivity contribution in [3.63, 3.8) is 0 Å². The van der Waals surface area contributed by atoms with E-state index in [1.165, 1.54) is 0 Å². The van der Waals surface area contributed by atoms with E-state index in [1.54, 1.807) is 0 Å². The summed E-state index contributed by atoms with van der Waals surface area (Å²) < 4.78 is 10.5. The molecule has 0 amide bonds. The highest BCUT2D eigenvalue weighted by Gasteiger charge is 2.32. The quantitative estimate of drug-likeness (QED) is 0.348. The Labute approximate surface area is 232 Å². The van der Waals surface area contributed by atoms with Gasteiger partial charge in [-0.15, -0.1) is 0 Å². The van der Waals surface area contributed by atoms with E-state index >= 15 is 0 Å². The van der Waals surface area contributed by atoms with Gasteiger partial charge in [0.1, 0.15) is 11.6 Å². The van der Waals surface area contributed by atoms with Crippen molar-refractivity contribution in [2.75, 3.05) is 37.0 Å². The van der Waals surface area contributed by atoms with Crippen LogP contribution in [0.1, 0.15) is 64.4 Å². The molecule has 9 heteroatoms. The zero-order valence-electron chi connectivity index (χ0n) is 23.5. The van der Waals surface area contributed by atoms with Crippen molar-refractivity contribution in [2.45, 2.75) is 83.8 Å². The molecule has 1 saturated carbocycles. The van der Waals surface area contributed by atoms with Crippen LogP contribution in [0.2, 0.25) is 0 Å². The third-order valence-electron chi connectivity index (χ3n) is 7.80. The Balaban J connectivity index is 1.33. The Bertz CT molecular complexity index is 1140. The van der Waals surface area contributed by atoms with E-state index in [0.717, 1.165) is 67.0 Å². The van der Waals surface area contributed by atoms with Gasteiger partial charge in [-0.25, -0.2) is 9.97 Å². The van der Waals surface area contributed by atoms with Gasteiger partial charge in [0.05, 0.1) is 30.2 Å². The number of nitrogens with zero attached hydrogens (tertiary/aromatic N) is 3. The van der Waals surface area contributed by atoms with Crippen LogP contribution in [0.25, 0.3) is 11.3 Å². The van der Waals surface area contributed by atoms with Crippen LogP contribution in [0.4, 0.5) is 11.6 Å². The highest BCUT2D eigenvalue weighted by molar-refractivity contribution is 5.70. The van der Waals surface area contributed by atoms with Gasteiger partial charge in [0.15, 0.2) is 0 Å². The lowest BCUT2D eigenvalue weighted by atomic mass is 9.82. The Morgan fingerprint density at radius 1 is 1.21 bits per heavy atom. The Morgan fingerprint density at radius 2 is 1.95 bits per heavy atom. The molecule has 3 N–H and O–H groups in total. The second-order valence-corrected chi connectivity index (χ2v) is 10.9. The number of aryl methyl sites for hydroxylation is 1. The third kappa shape index (κ3) is 8.13. The van der Waals surface area contributed by atoms with Gasteiger partial charge in [0.2, 0.25) is 0 Å². The second kappa shape index (κ2) is 13.7. The minimum atomic E-state index is -0.410. The molecule has 2 aliphatic rings. The average molecular weight is 535 g/mol. The van der Waals surface area contributed by atoms with Gasteiger partial charge in [-0.2, -0.15) is 5.26 Å². The van der Waals surface area contributed by atoms with E-state index in [4.69, 9.17) is 14.5 Å². The molecule has 2 fully saturated rings. The largest absolute Gasteiger partial charge is 0.466 e. The van der Waals surface area contributed by atoms with E-state index in [-0.39, 0.29) is 12.0 Å². The summed E-state index contributed by atoms with van der Waals surface area (Å²) in [7, 11) is 0. The van der Waals surface area contributed by atoms with Crippen LogP contribution < -0.4 is 16.0 Å². The molecule has 0 bridgehead atoms. The fourth-order valence-corrected chi connectivity index (χ4v) is 5.46. The Morgan fingerprint density at radius 3 is 2.67 bits per heavy atom. The lowest BCUT2D eigenvalue weighted by molar-refractivity contribution is -0.143. The number of carbonyl (C=O) groups excluding carboxylic acids is 1. The van der Waals surface area contributed by atoms with Crippen LogP contribution in [0, 0.1) is 23.7 Å². The standard InChI is InChI=1S/C30H42N6O3/c1-4-39-29(37)16-22(3)34-23-8-10-24(11-9-23)35-28-17-25(21(2)18-32-28)26-6-5-7-27(36-26)33-20-30(19-31)12-14-38-15-13-30/h5-7,17-18,22-24,34H,4,8-16,20H2,1-3H3,(H,32,35)(H,33,36)/t22-,23-,24-/m0/s1. The molecule has 1 aliphatic carbocycles. The number of ether oxygens (including phenoxy) is 2. The highest BCUT2D eigenvalue weighted by Crippen LogP contribution is 2.31. The lowest BCUT2D eigenvalue weighted by Crippen LogP contribution is -2.42. The van der Waals surface area contributed by atoms with Gasteiger partial charge in [0.25, 0.3) is 0 Å². The predicted octanol–water partition coefficient (Wildman–Crippen LogP) is 4.84. The Hall–Kier alpha value is -3.22. The first-order valence-corrected chi connectivity index (χ1v) is 14.2. The molecule has 1 atom stereocenters. The number of nitriles is 1. The van der Waals surface area contributed by atoms with Gasteiger partial charge in [-0.3, -0.25) is 4.79 Å². The Kier molecular flexibility index (Phi) is 10.1. The van der Waals surface area contributed by atoms with Crippen molar-refractivity contribution in [1.29, 1.82) is 5.26 Å². The maximum atomic E-state index is 11.7. The molecule has 9 nitrogen and oxygen atoms in total. The summed E-state index contributed by atoms with van der Waals surface area (Å²) in [5.41, 5.74) is 2.57. The van der Waals surface area contributed by atoms with Crippen molar-refractivity contribution < 1.29 is 14.3 Å². The zero-order valence-corrected chi connectivity index (χ0v) is 23.5. The molecule has 2 aromatic rings. The number of hydrogen-bond donors (Lipinski definition) is 3. The van der Waals surface area contributed by atoms with Crippen molar-refractivity contribution in [3.8, 4) is 17.3 Å². The molecule has 39 heavy (non-hydrogen) atoms. The van der Waals surface area contributed by atoms with Gasteiger partial charge in [0, 0.05) is 49.6 Å². The molecule has 1 saturated heterocycles. The number of carbonyl (C=O) groups is 1. The van der Waals surface area contributed by atoms with Crippen LogP contribution in [0.5, 0.6) is 0 Å². The van der Waals surface area contributed by atoms with Crippen molar-refractivity contribution in [3.05, 3.63) is 36.0 Å². The first kappa shape index (κ1) is 28.8. The van der Waals surface area contributed by atoms with E-state index in [1.807, 2.05) is 38.2 Å². The average Bonchev–Trinajstić information content (AvgIpc) is 2.95. The summed E-state index contributed by atoms with van der Waals surface area (Å²) >= 11 is 0. The number of rotatable bonds is 11. The number of aromatic nitrogens is 2. The fraction of sp³-hybridized carbons (Fsp3) is 0.600. The van der Waals surface area contributed by atoms with Crippen LogP contribution >= 0.6 is 0 Å². The molecule has 4 rings (SSSR count). The number of nitrogens with one attached hydrogen (secondary N) is 3. The van der Waals surface area contributed by atoms with E-state index in [2.05, 4.69) is 40.0 Å². The summed E-state index contributed by atoms with van der Waals surface area (Å²) in [4.78, 5) is 21.3. The topological polar surface area (TPSA) is 121 Å². The summed E-state index contributed by atoms with van der Waals surface area (Å²) in [6.45, 7) is 8.17. The molecule has 2 aromatic heterocycles. The number of esters is 1. The minimum absolute atomic E-state index is 0.111. The van der Waals surface area contributed by atoms with E-state index in [9.17, 15) is 10.1 Å². The first-order valence-electron chi connectivity index (χ1n) is 14.2. The van der Waals surface area contributed by atoms with Gasteiger partial charge < -0.3 is 25.4 Å². The van der Waals surface area contributed by atoms with E-state index < -0.39 is 5.41 Å². The summed E-state index contributed by atoms with van der Waals surface area (Å²) in [6, 6.07) is 11.4. The zero-order chi connectivity index (χ0) is 27.7. The van der Waals surface area contributed by atoms with Crippen LogP contribution in [0.3, 0.4) is 0 Å². The molecule has 0 spiro atoms. The number of anilines is 2. The van der Waals surface area contributed by atoms with Gasteiger partial charge in [-0.05, 0) is 83.1 Å². The van der Waals surface area contributed by atoms with Gasteiger partial charge >= 0.3 is 5.97 Å². The second-order valence-electron chi connectivity index (χ2n) is 10.9. The van der Waals surface area contributed by atoms with Crippen molar-refractivity contribution in [2.24, 2.45) is 5.41 Å². The molecule has 0 aromatic carbocycles. The van der Waals surface area contributed by atoms with Crippen LogP contribution in [-0.4, -0.2) is 60.4 Å². The fourth-order valence-electron chi connectivity index (χ4n) is 5.46. The highest BCUT2D eigenvalue weighted by atomic mass is 16.5. The first-order chi connectivity index (χ1) is 18.9. The van der Waals surface area contributed by atoms with Crippen LogP contribution in [-0.2, 0) is 14.3 Å². The SMILES string of the molecule is CCOC(=O)C[C@H](C)N[C@H]1CC[C@H](Nc2cc(-c3cccc(NCC4(C#N)CCOCC4)n3)c(C)cn2)CC1. The normalized spacial score (nSPS) is 21.4. The molecule has 3 heterocycles. The van der Waals surface area contributed by atoms with Crippen molar-refractivity contribution >= 4 is 17.6 Å². The summed E-state index contributed by atoms with van der Waals surface area (Å²) in [5, 5.41) is 20.4. The minimum Gasteiger partial charge on any atom is -0.466 e. The smallest absolute Gasteiger partial charge is 0.307 e. The monoisotopic (exact) mass is 534 g/mol. The van der Waals surface area contributed by atoms with Gasteiger partial charge in [-0.1, -0.05) is 6.07 Å². The molecule has 210 valence electrons. The maximum Gasteiger partial charge on any atom is 0.307 e. The maximum absolute atomic E-state index is 11.7. The molecular formula is C30H42N6O3. The molecule has 0 radical (unpaired) electrons. The van der Waals surface area contributed by atoms with Crippen molar-refractivity contribution in [1.82, 2.24) is 15.3 Å². The molecule has 1 aliphatic heterocycles. The number of hydrogen-bond acceptors (Lipinski definition) is 9.